The second kappa shape index (κ2) is 3.73. The number of anilines is 1. The highest BCUT2D eigenvalue weighted by Gasteiger charge is 2.18. The normalized spacial score (nSPS) is 14.6. The number of fused-ring (bicyclic) bond motifs is 1. The summed E-state index contributed by atoms with van der Waals surface area (Å²) in [5.41, 5.74) is 2.37. The van der Waals surface area contributed by atoms with Crippen molar-refractivity contribution in [3.63, 3.8) is 0 Å². The van der Waals surface area contributed by atoms with Crippen LogP contribution >= 0.6 is 11.6 Å². The van der Waals surface area contributed by atoms with E-state index in [1.54, 1.807) is 0 Å². The highest BCUT2D eigenvalue weighted by atomic mass is 35.5. The number of rotatable bonds is 2. The summed E-state index contributed by atoms with van der Waals surface area (Å²) in [6.07, 6.45) is 3.27. The van der Waals surface area contributed by atoms with Crippen LogP contribution in [0.3, 0.4) is 0 Å². The molecule has 0 amide bonds. The molecule has 0 atom stereocenters. The molecule has 14 heavy (non-hydrogen) atoms. The van der Waals surface area contributed by atoms with Crippen LogP contribution in [0.4, 0.5) is 5.82 Å². The highest BCUT2D eigenvalue weighted by Crippen LogP contribution is 2.27. The fourth-order valence-corrected chi connectivity index (χ4v) is 1.98. The van der Waals surface area contributed by atoms with Crippen molar-refractivity contribution >= 4 is 17.4 Å². The third kappa shape index (κ3) is 1.82. The Hall–Kier alpha value is -0.830. The molecule has 0 spiro atoms. The minimum atomic E-state index is 0.355. The zero-order valence-corrected chi connectivity index (χ0v) is 9.23. The summed E-state index contributed by atoms with van der Waals surface area (Å²) in [6, 6.07) is 0.380. The van der Waals surface area contributed by atoms with Gasteiger partial charge < -0.3 is 5.32 Å². The average Bonchev–Trinajstić information content (AvgIpc) is 2.50. The summed E-state index contributed by atoms with van der Waals surface area (Å²) < 4.78 is 0. The van der Waals surface area contributed by atoms with Gasteiger partial charge in [0.1, 0.15) is 5.82 Å². The second-order valence-electron chi connectivity index (χ2n) is 3.92. The van der Waals surface area contributed by atoms with Crippen LogP contribution in [0.25, 0.3) is 0 Å². The minimum Gasteiger partial charge on any atom is -0.368 e. The summed E-state index contributed by atoms with van der Waals surface area (Å²) in [4.78, 5) is 8.46. The maximum absolute atomic E-state index is 5.85. The van der Waals surface area contributed by atoms with E-state index in [0.29, 0.717) is 11.3 Å². The van der Waals surface area contributed by atoms with Gasteiger partial charge in [-0.15, -0.1) is 0 Å². The molecule has 1 heterocycles. The van der Waals surface area contributed by atoms with Crippen molar-refractivity contribution in [1.29, 1.82) is 0 Å². The lowest BCUT2D eigenvalue weighted by molar-refractivity contribution is 0.875. The fourth-order valence-electron chi connectivity index (χ4n) is 1.80. The highest BCUT2D eigenvalue weighted by molar-refractivity contribution is 6.28. The number of nitrogens with zero attached hydrogens (tertiary/aromatic N) is 2. The van der Waals surface area contributed by atoms with Crippen LogP contribution in [-0.4, -0.2) is 16.0 Å². The molecule has 3 nitrogen and oxygen atoms in total. The molecule has 1 aliphatic rings. The van der Waals surface area contributed by atoms with E-state index in [1.807, 2.05) is 0 Å². The van der Waals surface area contributed by atoms with Gasteiger partial charge in [0, 0.05) is 11.6 Å². The van der Waals surface area contributed by atoms with Crippen LogP contribution in [-0.2, 0) is 12.8 Å². The maximum atomic E-state index is 5.85. The minimum absolute atomic E-state index is 0.355. The predicted molar refractivity (Wildman–Crippen MR) is 57.8 cm³/mol. The summed E-state index contributed by atoms with van der Waals surface area (Å²) in [7, 11) is 0. The lowest BCUT2D eigenvalue weighted by atomic mass is 10.2. The summed E-state index contributed by atoms with van der Waals surface area (Å²) in [5, 5.41) is 3.67. The quantitative estimate of drug-likeness (QED) is 0.764. The number of hydrogen-bond donors (Lipinski definition) is 1. The number of nitrogens with one attached hydrogen (secondary N) is 1. The van der Waals surface area contributed by atoms with Crippen LogP contribution in [0.1, 0.15) is 31.5 Å². The van der Waals surface area contributed by atoms with Crippen molar-refractivity contribution in [2.24, 2.45) is 0 Å². The molecule has 0 unspecified atom stereocenters. The summed E-state index contributed by atoms with van der Waals surface area (Å²) in [5.74, 6) is 0.924. The molecule has 0 bridgehead atoms. The SMILES string of the molecule is CC(C)Nc1nc(Cl)nc2c1CCC2. The number of aromatic nitrogens is 2. The molecule has 0 aromatic carbocycles. The molecule has 0 fully saturated rings. The molecule has 1 aromatic rings. The maximum Gasteiger partial charge on any atom is 0.224 e. The summed E-state index contributed by atoms with van der Waals surface area (Å²) >= 11 is 5.85. The molecular formula is C10H14ClN3. The first-order valence-corrected chi connectivity index (χ1v) is 5.36. The molecule has 0 aliphatic heterocycles. The lowest BCUT2D eigenvalue weighted by Crippen LogP contribution is -2.13. The van der Waals surface area contributed by atoms with Crippen molar-refractivity contribution < 1.29 is 0 Å². The number of aryl methyl sites for hydroxylation is 1. The van der Waals surface area contributed by atoms with Gasteiger partial charge in [0.05, 0.1) is 5.69 Å². The van der Waals surface area contributed by atoms with E-state index in [0.717, 1.165) is 30.8 Å². The molecule has 1 aromatic heterocycles. The Morgan fingerprint density at radius 1 is 1.29 bits per heavy atom. The van der Waals surface area contributed by atoms with Crippen molar-refractivity contribution in [3.8, 4) is 0 Å². The fraction of sp³-hybridized carbons (Fsp3) is 0.600. The third-order valence-electron chi connectivity index (χ3n) is 2.33. The largest absolute Gasteiger partial charge is 0.368 e. The number of hydrogen-bond acceptors (Lipinski definition) is 3. The summed E-state index contributed by atoms with van der Waals surface area (Å²) in [6.45, 7) is 4.19. The topological polar surface area (TPSA) is 37.8 Å². The van der Waals surface area contributed by atoms with Crippen molar-refractivity contribution in [3.05, 3.63) is 16.5 Å². The van der Waals surface area contributed by atoms with Crippen LogP contribution < -0.4 is 5.32 Å². The lowest BCUT2D eigenvalue weighted by Gasteiger charge is -2.12. The van der Waals surface area contributed by atoms with E-state index in [1.165, 1.54) is 5.56 Å². The Labute approximate surface area is 88.9 Å². The Kier molecular flexibility index (Phi) is 2.59. The van der Waals surface area contributed by atoms with E-state index in [9.17, 15) is 0 Å². The molecule has 4 heteroatoms. The molecular weight excluding hydrogens is 198 g/mol. The van der Waals surface area contributed by atoms with Crippen molar-refractivity contribution in [2.45, 2.75) is 39.2 Å². The van der Waals surface area contributed by atoms with Gasteiger partial charge in [0.2, 0.25) is 5.28 Å². The first-order valence-electron chi connectivity index (χ1n) is 4.98. The van der Waals surface area contributed by atoms with E-state index in [4.69, 9.17) is 11.6 Å². The van der Waals surface area contributed by atoms with Crippen LogP contribution in [0.2, 0.25) is 5.28 Å². The Morgan fingerprint density at radius 2 is 2.07 bits per heavy atom. The molecule has 1 N–H and O–H groups in total. The van der Waals surface area contributed by atoms with E-state index in [-0.39, 0.29) is 0 Å². The van der Waals surface area contributed by atoms with Gasteiger partial charge >= 0.3 is 0 Å². The predicted octanol–water partition coefficient (Wildman–Crippen LogP) is 2.44. The molecule has 0 radical (unpaired) electrons. The van der Waals surface area contributed by atoms with E-state index < -0.39 is 0 Å². The van der Waals surface area contributed by atoms with Crippen LogP contribution in [0, 0.1) is 0 Å². The Balaban J connectivity index is 2.38. The van der Waals surface area contributed by atoms with Gasteiger partial charge in [0.25, 0.3) is 0 Å². The molecule has 0 saturated heterocycles. The van der Waals surface area contributed by atoms with Gasteiger partial charge in [0.15, 0.2) is 0 Å². The molecule has 2 rings (SSSR count). The first kappa shape index (κ1) is 9.71. The van der Waals surface area contributed by atoms with Gasteiger partial charge in [-0.25, -0.2) is 9.97 Å². The zero-order chi connectivity index (χ0) is 10.1. The first-order chi connectivity index (χ1) is 6.66. The van der Waals surface area contributed by atoms with E-state index >= 15 is 0 Å². The monoisotopic (exact) mass is 211 g/mol. The number of halogens is 1. The van der Waals surface area contributed by atoms with Gasteiger partial charge in [-0.3, -0.25) is 0 Å². The average molecular weight is 212 g/mol. The van der Waals surface area contributed by atoms with Gasteiger partial charge in [-0.2, -0.15) is 0 Å². The Morgan fingerprint density at radius 3 is 2.79 bits per heavy atom. The third-order valence-corrected chi connectivity index (χ3v) is 2.50. The second-order valence-corrected chi connectivity index (χ2v) is 4.26. The molecule has 1 aliphatic carbocycles. The molecule has 76 valence electrons. The van der Waals surface area contributed by atoms with Crippen LogP contribution in [0.5, 0.6) is 0 Å². The molecule has 0 saturated carbocycles. The standard InChI is InChI=1S/C10H14ClN3/c1-6(2)12-9-7-4-3-5-8(7)13-10(11)14-9/h6H,3-5H2,1-2H3,(H,12,13,14). The van der Waals surface area contributed by atoms with Crippen LogP contribution in [0.15, 0.2) is 0 Å². The van der Waals surface area contributed by atoms with Crippen molar-refractivity contribution in [1.82, 2.24) is 9.97 Å². The Bertz CT molecular complexity index is 349. The smallest absolute Gasteiger partial charge is 0.224 e. The zero-order valence-electron chi connectivity index (χ0n) is 8.47. The van der Waals surface area contributed by atoms with Gasteiger partial charge in [-0.05, 0) is 44.7 Å². The van der Waals surface area contributed by atoms with E-state index in [2.05, 4.69) is 29.1 Å². The van der Waals surface area contributed by atoms with Crippen molar-refractivity contribution in [2.75, 3.05) is 5.32 Å². The van der Waals surface area contributed by atoms with Gasteiger partial charge in [-0.1, -0.05) is 0 Å².